The maximum atomic E-state index is 4.37. The molecule has 0 amide bonds. The molecule has 1 aromatic rings. The Labute approximate surface area is 118 Å². The van der Waals surface area contributed by atoms with Crippen LogP contribution in [0.3, 0.4) is 0 Å². The number of aromatic amines is 1. The van der Waals surface area contributed by atoms with E-state index in [1.54, 1.807) is 6.33 Å². The zero-order valence-corrected chi connectivity index (χ0v) is 13.5. The zero-order chi connectivity index (χ0) is 14.8. The Morgan fingerprint density at radius 1 is 1.32 bits per heavy atom. The molecule has 0 aliphatic heterocycles. The van der Waals surface area contributed by atoms with Gasteiger partial charge in [0.1, 0.15) is 0 Å². The molecule has 1 aromatic heterocycles. The molecular formula is C16H29N3. The molecule has 0 bridgehead atoms. The van der Waals surface area contributed by atoms with Gasteiger partial charge in [-0.05, 0) is 33.2 Å². The van der Waals surface area contributed by atoms with Crippen LogP contribution in [0.15, 0.2) is 24.7 Å². The summed E-state index contributed by atoms with van der Waals surface area (Å²) in [7, 11) is 2.18. The summed E-state index contributed by atoms with van der Waals surface area (Å²) in [6.07, 6.45) is 4.56. The minimum Gasteiger partial charge on any atom is -0.348 e. The van der Waals surface area contributed by atoms with Crippen molar-refractivity contribution in [1.82, 2.24) is 14.9 Å². The summed E-state index contributed by atoms with van der Waals surface area (Å²) in [6, 6.07) is 0.306. The van der Waals surface area contributed by atoms with Crippen molar-refractivity contribution in [1.29, 1.82) is 0 Å². The lowest BCUT2D eigenvalue weighted by molar-refractivity contribution is 0.123. The van der Waals surface area contributed by atoms with Gasteiger partial charge in [-0.15, -0.1) is 0 Å². The predicted octanol–water partition coefficient (Wildman–Crippen LogP) is 3.65. The largest absolute Gasteiger partial charge is 0.348 e. The van der Waals surface area contributed by atoms with Gasteiger partial charge in [-0.1, -0.05) is 32.9 Å². The number of nitrogens with one attached hydrogen (secondary N) is 1. The van der Waals surface area contributed by atoms with Crippen molar-refractivity contribution in [3.63, 3.8) is 0 Å². The first-order valence-corrected chi connectivity index (χ1v) is 6.93. The minimum atomic E-state index is 0.101. The van der Waals surface area contributed by atoms with Crippen LogP contribution in [0.2, 0.25) is 0 Å². The average molecular weight is 263 g/mol. The van der Waals surface area contributed by atoms with Gasteiger partial charge in [0.2, 0.25) is 0 Å². The lowest BCUT2D eigenvalue weighted by Gasteiger charge is -2.42. The van der Waals surface area contributed by atoms with Crippen molar-refractivity contribution in [3.05, 3.63) is 30.4 Å². The van der Waals surface area contributed by atoms with E-state index < -0.39 is 0 Å². The summed E-state index contributed by atoms with van der Waals surface area (Å²) in [5.41, 5.74) is 2.63. The molecule has 0 aliphatic carbocycles. The molecule has 3 heteroatoms. The number of hydrogen-bond donors (Lipinski definition) is 1. The van der Waals surface area contributed by atoms with E-state index in [4.69, 9.17) is 0 Å². The molecule has 0 unspecified atom stereocenters. The Morgan fingerprint density at radius 3 is 2.26 bits per heavy atom. The molecule has 0 aliphatic rings. The third-order valence-electron chi connectivity index (χ3n) is 3.86. The summed E-state index contributed by atoms with van der Waals surface area (Å²) < 4.78 is 0. The fourth-order valence-corrected chi connectivity index (χ4v) is 2.07. The van der Waals surface area contributed by atoms with Crippen molar-refractivity contribution in [2.45, 2.75) is 59.5 Å². The van der Waals surface area contributed by atoms with Gasteiger partial charge < -0.3 is 4.98 Å². The summed E-state index contributed by atoms with van der Waals surface area (Å²) in [4.78, 5) is 9.72. The molecule has 0 fully saturated rings. The molecule has 1 rings (SSSR count). The number of aromatic nitrogens is 2. The highest BCUT2D eigenvalue weighted by molar-refractivity contribution is 5.18. The van der Waals surface area contributed by atoms with Gasteiger partial charge in [-0.25, -0.2) is 4.98 Å². The second-order valence-electron chi connectivity index (χ2n) is 7.35. The van der Waals surface area contributed by atoms with Crippen LogP contribution in [0, 0.1) is 5.41 Å². The Balaban J connectivity index is 3.01. The third kappa shape index (κ3) is 4.20. The van der Waals surface area contributed by atoms with E-state index in [0.29, 0.717) is 6.04 Å². The van der Waals surface area contributed by atoms with Crippen LogP contribution in [0.25, 0.3) is 0 Å². The quantitative estimate of drug-likeness (QED) is 0.841. The second kappa shape index (κ2) is 5.49. The molecule has 3 nitrogen and oxygen atoms in total. The van der Waals surface area contributed by atoms with Crippen LogP contribution < -0.4 is 0 Å². The third-order valence-corrected chi connectivity index (χ3v) is 3.86. The summed E-state index contributed by atoms with van der Waals surface area (Å²) >= 11 is 0. The van der Waals surface area contributed by atoms with Gasteiger partial charge in [-0.2, -0.15) is 0 Å². The Morgan fingerprint density at radius 2 is 1.89 bits per heavy atom. The molecule has 0 saturated heterocycles. The molecule has 1 N–H and O–H groups in total. The van der Waals surface area contributed by atoms with Crippen molar-refractivity contribution < 1.29 is 0 Å². The molecule has 0 saturated carbocycles. The standard InChI is InChI=1S/C16H29N3/c1-12(15(2,3)4)14(19(8)16(5,6)7)9-13-10-17-11-18-13/h10-11,14H,1,9H2,2-8H3,(H,17,18)/t14-/m0/s1. The highest BCUT2D eigenvalue weighted by Crippen LogP contribution is 2.32. The van der Waals surface area contributed by atoms with E-state index in [1.807, 2.05) is 6.20 Å². The number of nitrogens with zero attached hydrogens (tertiary/aromatic N) is 2. The van der Waals surface area contributed by atoms with Gasteiger partial charge in [0.25, 0.3) is 0 Å². The Hall–Kier alpha value is -1.09. The van der Waals surface area contributed by atoms with Crippen molar-refractivity contribution in [3.8, 4) is 0 Å². The van der Waals surface area contributed by atoms with E-state index in [-0.39, 0.29) is 11.0 Å². The van der Waals surface area contributed by atoms with E-state index >= 15 is 0 Å². The lowest BCUT2D eigenvalue weighted by Crippen LogP contribution is -2.48. The van der Waals surface area contributed by atoms with Gasteiger partial charge in [0.05, 0.1) is 6.33 Å². The molecule has 0 radical (unpaired) electrons. The Bertz CT molecular complexity index is 404. The molecule has 1 atom stereocenters. The van der Waals surface area contributed by atoms with Crippen LogP contribution >= 0.6 is 0 Å². The number of likely N-dealkylation sites (N-methyl/N-ethyl adjacent to an activating group) is 1. The van der Waals surface area contributed by atoms with Crippen molar-refractivity contribution in [2.24, 2.45) is 5.41 Å². The van der Waals surface area contributed by atoms with Crippen LogP contribution in [0.5, 0.6) is 0 Å². The summed E-state index contributed by atoms with van der Waals surface area (Å²) in [5, 5.41) is 0. The highest BCUT2D eigenvalue weighted by atomic mass is 15.2. The maximum Gasteiger partial charge on any atom is 0.0921 e. The molecule has 1 heterocycles. The minimum absolute atomic E-state index is 0.101. The average Bonchev–Trinajstić information content (AvgIpc) is 2.74. The van der Waals surface area contributed by atoms with Crippen molar-refractivity contribution >= 4 is 0 Å². The van der Waals surface area contributed by atoms with E-state index in [0.717, 1.165) is 12.1 Å². The van der Waals surface area contributed by atoms with Crippen LogP contribution in [-0.4, -0.2) is 33.5 Å². The number of rotatable bonds is 4. The topological polar surface area (TPSA) is 31.9 Å². The molecule has 19 heavy (non-hydrogen) atoms. The zero-order valence-electron chi connectivity index (χ0n) is 13.5. The predicted molar refractivity (Wildman–Crippen MR) is 82.2 cm³/mol. The van der Waals surface area contributed by atoms with Crippen molar-refractivity contribution in [2.75, 3.05) is 7.05 Å². The van der Waals surface area contributed by atoms with Crippen LogP contribution in [-0.2, 0) is 6.42 Å². The number of H-pyrrole nitrogens is 1. The van der Waals surface area contributed by atoms with Crippen LogP contribution in [0.4, 0.5) is 0 Å². The molecular weight excluding hydrogens is 234 g/mol. The molecule has 0 aromatic carbocycles. The second-order valence-corrected chi connectivity index (χ2v) is 7.35. The van der Waals surface area contributed by atoms with Gasteiger partial charge >= 0.3 is 0 Å². The van der Waals surface area contributed by atoms with Gasteiger partial charge in [-0.3, -0.25) is 4.90 Å². The fraction of sp³-hybridized carbons (Fsp3) is 0.688. The number of imidazole rings is 1. The SMILES string of the molecule is C=C([C@H](Cc1cnc[nH]1)N(C)C(C)(C)C)C(C)(C)C. The van der Waals surface area contributed by atoms with Gasteiger partial charge in [0.15, 0.2) is 0 Å². The lowest BCUT2D eigenvalue weighted by atomic mass is 9.80. The molecule has 108 valence electrons. The monoisotopic (exact) mass is 263 g/mol. The smallest absolute Gasteiger partial charge is 0.0921 e. The Kier molecular flexibility index (Phi) is 4.62. The first-order valence-electron chi connectivity index (χ1n) is 6.93. The van der Waals surface area contributed by atoms with E-state index in [9.17, 15) is 0 Å². The number of hydrogen-bond acceptors (Lipinski definition) is 2. The molecule has 0 spiro atoms. The summed E-state index contributed by atoms with van der Waals surface area (Å²) in [6.45, 7) is 17.8. The van der Waals surface area contributed by atoms with E-state index in [2.05, 4.69) is 70.0 Å². The highest BCUT2D eigenvalue weighted by Gasteiger charge is 2.32. The fourth-order valence-electron chi connectivity index (χ4n) is 2.07. The normalized spacial score (nSPS) is 14.7. The first kappa shape index (κ1) is 16.0. The first-order chi connectivity index (χ1) is 8.53. The van der Waals surface area contributed by atoms with Crippen LogP contribution in [0.1, 0.15) is 47.2 Å². The van der Waals surface area contributed by atoms with Gasteiger partial charge in [0, 0.05) is 29.9 Å². The van der Waals surface area contributed by atoms with E-state index in [1.165, 1.54) is 5.57 Å². The summed E-state index contributed by atoms with van der Waals surface area (Å²) in [5.74, 6) is 0. The maximum absolute atomic E-state index is 4.37.